The zero-order valence-corrected chi connectivity index (χ0v) is 17.3. The van der Waals surface area contributed by atoms with Crippen molar-refractivity contribution in [3.05, 3.63) is 54.5 Å². The van der Waals surface area contributed by atoms with E-state index in [1.54, 1.807) is 24.4 Å². The van der Waals surface area contributed by atoms with Crippen LogP contribution in [0.3, 0.4) is 0 Å². The van der Waals surface area contributed by atoms with Gasteiger partial charge in [-0.25, -0.2) is 12.8 Å². The maximum Gasteiger partial charge on any atom is 0.243 e. The molecule has 4 rings (SSSR count). The number of nitrogens with zero attached hydrogens (tertiary/aromatic N) is 2. The maximum absolute atomic E-state index is 13.4. The predicted molar refractivity (Wildman–Crippen MR) is 112 cm³/mol. The first kappa shape index (κ1) is 21.4. The van der Waals surface area contributed by atoms with Crippen molar-refractivity contribution in [3.8, 4) is 11.1 Å². The lowest BCUT2D eigenvalue weighted by atomic mass is 10.1. The minimum atomic E-state index is -3.87. The highest BCUT2D eigenvalue weighted by Crippen LogP contribution is 2.30. The number of rotatable bonds is 6. The Morgan fingerprint density at radius 1 is 1.13 bits per heavy atom. The second-order valence-corrected chi connectivity index (χ2v) is 9.37. The molecule has 0 radical (unpaired) electrons. The van der Waals surface area contributed by atoms with Crippen molar-refractivity contribution in [2.75, 3.05) is 32.8 Å². The summed E-state index contributed by atoms with van der Waals surface area (Å²) >= 11 is 0. The van der Waals surface area contributed by atoms with Crippen molar-refractivity contribution < 1.29 is 27.8 Å². The molecule has 3 aromatic rings. The number of aromatic nitrogens is 1. The van der Waals surface area contributed by atoms with E-state index in [9.17, 15) is 22.7 Å². The topological polar surface area (TPSA) is 114 Å². The van der Waals surface area contributed by atoms with E-state index < -0.39 is 28.6 Å². The molecule has 0 aliphatic carbocycles. The first-order chi connectivity index (χ1) is 14.8. The van der Waals surface area contributed by atoms with Crippen LogP contribution in [0.25, 0.3) is 22.0 Å². The number of fused-ring (bicyclic) bond motifs is 1. The van der Waals surface area contributed by atoms with Crippen molar-refractivity contribution in [3.63, 3.8) is 0 Å². The van der Waals surface area contributed by atoms with Crippen molar-refractivity contribution in [1.29, 1.82) is 0 Å². The molecule has 0 saturated carbocycles. The molecular weight excluding hydrogens is 425 g/mol. The molecule has 1 unspecified atom stereocenters. The second-order valence-electron chi connectivity index (χ2n) is 7.43. The lowest BCUT2D eigenvalue weighted by molar-refractivity contribution is -0.135. The number of halogens is 1. The minimum Gasteiger partial charge on any atom is -0.394 e. The summed E-state index contributed by atoms with van der Waals surface area (Å²) in [4.78, 5) is 16.7. The van der Waals surface area contributed by atoms with E-state index in [0.29, 0.717) is 5.52 Å². The predicted octanol–water partition coefficient (Wildman–Crippen LogP) is 1.16. The lowest BCUT2D eigenvalue weighted by Crippen LogP contribution is -2.54. The van der Waals surface area contributed by atoms with Gasteiger partial charge >= 0.3 is 0 Å². The van der Waals surface area contributed by atoms with Gasteiger partial charge in [0.2, 0.25) is 15.9 Å². The SMILES string of the molecule is O=C1CN(S(=O)(=O)c2ccc(-c3c[nH]c4cc(F)ccc34)cc2)CCN1CC(O)CO. The zero-order chi connectivity index (χ0) is 22.2. The van der Waals surface area contributed by atoms with Crippen LogP contribution in [0.15, 0.2) is 53.6 Å². The summed E-state index contributed by atoms with van der Waals surface area (Å²) in [6.07, 6.45) is 0.687. The molecule has 10 heteroatoms. The number of piperazine rings is 1. The first-order valence-corrected chi connectivity index (χ1v) is 11.2. The fourth-order valence-electron chi connectivity index (χ4n) is 3.69. The van der Waals surface area contributed by atoms with Crippen LogP contribution in [0.4, 0.5) is 4.39 Å². The highest BCUT2D eigenvalue weighted by molar-refractivity contribution is 7.89. The monoisotopic (exact) mass is 447 g/mol. The van der Waals surface area contributed by atoms with Gasteiger partial charge in [-0.15, -0.1) is 0 Å². The summed E-state index contributed by atoms with van der Waals surface area (Å²) < 4.78 is 40.5. The third-order valence-corrected chi connectivity index (χ3v) is 7.23. The summed E-state index contributed by atoms with van der Waals surface area (Å²) in [5.74, 6) is -0.771. The molecule has 1 saturated heterocycles. The first-order valence-electron chi connectivity index (χ1n) is 9.73. The largest absolute Gasteiger partial charge is 0.394 e. The van der Waals surface area contributed by atoms with Crippen LogP contribution in [0.2, 0.25) is 0 Å². The van der Waals surface area contributed by atoms with E-state index in [1.165, 1.54) is 29.2 Å². The molecule has 8 nitrogen and oxygen atoms in total. The van der Waals surface area contributed by atoms with Crippen molar-refractivity contribution in [2.24, 2.45) is 0 Å². The van der Waals surface area contributed by atoms with Gasteiger partial charge in [0.05, 0.1) is 24.2 Å². The van der Waals surface area contributed by atoms with Gasteiger partial charge in [-0.05, 0) is 35.9 Å². The van der Waals surface area contributed by atoms with Crippen LogP contribution in [-0.4, -0.2) is 77.6 Å². The molecule has 31 heavy (non-hydrogen) atoms. The van der Waals surface area contributed by atoms with Crippen LogP contribution in [-0.2, 0) is 14.8 Å². The van der Waals surface area contributed by atoms with Crippen LogP contribution < -0.4 is 0 Å². The number of hydrogen-bond acceptors (Lipinski definition) is 5. The normalized spacial score (nSPS) is 16.7. The summed E-state index contributed by atoms with van der Waals surface area (Å²) in [5, 5.41) is 19.3. The van der Waals surface area contributed by atoms with E-state index in [0.717, 1.165) is 20.8 Å². The smallest absolute Gasteiger partial charge is 0.243 e. The zero-order valence-electron chi connectivity index (χ0n) is 16.5. The van der Waals surface area contributed by atoms with Gasteiger partial charge in [0.15, 0.2) is 0 Å². The van der Waals surface area contributed by atoms with Gasteiger partial charge in [-0.2, -0.15) is 4.31 Å². The second kappa shape index (κ2) is 8.39. The number of benzene rings is 2. The molecule has 2 aromatic carbocycles. The molecule has 1 aliphatic rings. The van der Waals surface area contributed by atoms with Gasteiger partial charge in [0.25, 0.3) is 0 Å². The van der Waals surface area contributed by atoms with E-state index >= 15 is 0 Å². The Morgan fingerprint density at radius 3 is 2.55 bits per heavy atom. The van der Waals surface area contributed by atoms with Gasteiger partial charge in [-0.3, -0.25) is 4.79 Å². The summed E-state index contributed by atoms with van der Waals surface area (Å²) in [6, 6.07) is 10.8. The lowest BCUT2D eigenvalue weighted by Gasteiger charge is -2.34. The molecule has 1 fully saturated rings. The van der Waals surface area contributed by atoms with Crippen molar-refractivity contribution in [1.82, 2.24) is 14.2 Å². The van der Waals surface area contributed by atoms with E-state index in [-0.39, 0.29) is 36.9 Å². The van der Waals surface area contributed by atoms with E-state index in [2.05, 4.69) is 4.98 Å². The number of nitrogens with one attached hydrogen (secondary N) is 1. The van der Waals surface area contributed by atoms with Gasteiger partial charge in [0, 0.05) is 42.3 Å². The average molecular weight is 447 g/mol. The third-order valence-electron chi connectivity index (χ3n) is 5.37. The van der Waals surface area contributed by atoms with Crippen molar-refractivity contribution >= 4 is 26.8 Å². The Labute approximate surface area is 178 Å². The van der Waals surface area contributed by atoms with E-state index in [4.69, 9.17) is 5.11 Å². The molecule has 0 bridgehead atoms. The van der Waals surface area contributed by atoms with Crippen LogP contribution in [0.5, 0.6) is 0 Å². The Balaban J connectivity index is 1.52. The average Bonchev–Trinajstić information content (AvgIpc) is 3.18. The fraction of sp³-hybridized carbons (Fsp3) is 0.286. The molecule has 1 atom stereocenters. The fourth-order valence-corrected chi connectivity index (χ4v) is 5.07. The Kier molecular flexibility index (Phi) is 5.80. The number of aliphatic hydroxyl groups excluding tert-OH is 2. The Bertz CT molecular complexity index is 1210. The minimum absolute atomic E-state index is 0.0353. The molecule has 1 amide bonds. The quantitative estimate of drug-likeness (QED) is 0.525. The number of β-amino-alcohol motifs (C(OH)–C–C–N with tert-alkyl or cyclic N) is 1. The highest BCUT2D eigenvalue weighted by atomic mass is 32.2. The molecule has 3 N–H and O–H groups in total. The Hall–Kier alpha value is -2.79. The number of aromatic amines is 1. The van der Waals surface area contributed by atoms with Gasteiger partial charge in [-0.1, -0.05) is 12.1 Å². The molecule has 164 valence electrons. The molecule has 1 aromatic heterocycles. The Morgan fingerprint density at radius 2 is 1.87 bits per heavy atom. The number of hydrogen-bond donors (Lipinski definition) is 3. The summed E-state index contributed by atoms with van der Waals surface area (Å²) in [5.41, 5.74) is 2.25. The van der Waals surface area contributed by atoms with Gasteiger partial charge in [0.1, 0.15) is 5.82 Å². The number of sulfonamides is 1. The third kappa shape index (κ3) is 4.19. The highest BCUT2D eigenvalue weighted by Gasteiger charge is 2.33. The molecular formula is C21H22FN3O5S. The maximum atomic E-state index is 13.4. The summed E-state index contributed by atoms with van der Waals surface area (Å²) in [6.45, 7) is -0.590. The number of carbonyl (C=O) groups is 1. The molecule has 1 aliphatic heterocycles. The van der Waals surface area contributed by atoms with Crippen molar-refractivity contribution in [2.45, 2.75) is 11.0 Å². The number of carbonyl (C=O) groups excluding carboxylic acids is 1. The summed E-state index contributed by atoms with van der Waals surface area (Å²) in [7, 11) is -3.87. The number of aliphatic hydroxyl groups is 2. The molecule has 2 heterocycles. The van der Waals surface area contributed by atoms with E-state index in [1.807, 2.05) is 0 Å². The van der Waals surface area contributed by atoms with Crippen LogP contribution in [0, 0.1) is 5.82 Å². The van der Waals surface area contributed by atoms with Crippen LogP contribution in [0.1, 0.15) is 0 Å². The van der Waals surface area contributed by atoms with Gasteiger partial charge < -0.3 is 20.1 Å². The molecule has 0 spiro atoms. The number of amides is 1. The standard InChI is InChI=1S/C21H22FN3O5S/c22-15-3-6-18-19(10-23-20(18)9-15)14-1-4-17(5-2-14)31(29,30)25-8-7-24(21(28)12-25)11-16(27)13-26/h1-6,9-10,16,23,26-27H,7-8,11-13H2. The number of H-pyrrole nitrogens is 1. The van der Waals surface area contributed by atoms with Crippen LogP contribution >= 0.6 is 0 Å².